The normalized spacial score (nSPS) is 17.1. The van der Waals surface area contributed by atoms with Gasteiger partial charge in [0.25, 0.3) is 0 Å². The van der Waals surface area contributed by atoms with Gasteiger partial charge in [0.1, 0.15) is 0 Å². The molecule has 2 aromatic carbocycles. The highest BCUT2D eigenvalue weighted by atomic mass is 35.5. The molecule has 2 heterocycles. The van der Waals surface area contributed by atoms with E-state index in [0.717, 1.165) is 13.1 Å². The summed E-state index contributed by atoms with van der Waals surface area (Å²) in [6.07, 6.45) is 0. The van der Waals surface area contributed by atoms with E-state index in [4.69, 9.17) is 5.73 Å². The number of nitrogens with two attached hydrogens (primary N) is 1. The molecule has 1 aromatic heterocycles. The van der Waals surface area contributed by atoms with Gasteiger partial charge in [0, 0.05) is 33.3 Å². The van der Waals surface area contributed by atoms with E-state index in [2.05, 4.69) is 47.8 Å². The molecule has 1 fully saturated rings. The summed E-state index contributed by atoms with van der Waals surface area (Å²) in [5.74, 6) is 0. The van der Waals surface area contributed by atoms with Crippen LogP contribution in [0.2, 0.25) is 0 Å². The molecule has 0 radical (unpaired) electrons. The molecular formula is C15H15ClN2S. The zero-order chi connectivity index (χ0) is 12.2. The summed E-state index contributed by atoms with van der Waals surface area (Å²) in [4.78, 5) is 0. The molecule has 0 bridgehead atoms. The van der Waals surface area contributed by atoms with Gasteiger partial charge in [-0.05, 0) is 23.8 Å². The van der Waals surface area contributed by atoms with Crippen LogP contribution in [-0.4, -0.2) is 13.1 Å². The molecule has 98 valence electrons. The lowest BCUT2D eigenvalue weighted by Gasteiger charge is -2.39. The maximum Gasteiger partial charge on any atom is 0.0662 e. The van der Waals surface area contributed by atoms with Crippen molar-refractivity contribution >= 4 is 43.9 Å². The summed E-state index contributed by atoms with van der Waals surface area (Å²) in [6, 6.07) is 15.2. The molecule has 1 aliphatic rings. The molecule has 0 aliphatic carbocycles. The molecule has 2 nitrogen and oxygen atoms in total. The summed E-state index contributed by atoms with van der Waals surface area (Å²) in [5, 5.41) is 5.94. The number of rotatable bonds is 1. The first-order valence-electron chi connectivity index (χ1n) is 6.18. The Kier molecular flexibility index (Phi) is 3.02. The lowest BCUT2D eigenvalue weighted by molar-refractivity contribution is 0.287. The maximum absolute atomic E-state index is 6.37. The molecule has 4 heteroatoms. The Hall–Kier alpha value is -1.13. The first-order valence-corrected chi connectivity index (χ1v) is 6.99. The molecule has 0 saturated carbocycles. The van der Waals surface area contributed by atoms with Crippen molar-refractivity contribution < 1.29 is 0 Å². The minimum atomic E-state index is -0.169. The molecule has 19 heavy (non-hydrogen) atoms. The predicted octanol–water partition coefficient (Wildman–Crippen LogP) is 3.23. The number of hydrogen-bond donors (Lipinski definition) is 2. The Morgan fingerprint density at radius 1 is 1.00 bits per heavy atom. The minimum absolute atomic E-state index is 0. The van der Waals surface area contributed by atoms with Gasteiger partial charge in [0.15, 0.2) is 0 Å². The highest BCUT2D eigenvalue weighted by Gasteiger charge is 2.34. The fraction of sp³-hybridized carbons (Fsp3) is 0.200. The first kappa shape index (κ1) is 12.9. The van der Waals surface area contributed by atoms with Gasteiger partial charge in [-0.25, -0.2) is 0 Å². The Labute approximate surface area is 122 Å². The molecular weight excluding hydrogens is 276 g/mol. The van der Waals surface area contributed by atoms with Crippen molar-refractivity contribution in [1.29, 1.82) is 0 Å². The van der Waals surface area contributed by atoms with Crippen molar-refractivity contribution in [2.24, 2.45) is 5.73 Å². The molecule has 0 unspecified atom stereocenters. The number of hydrogen-bond acceptors (Lipinski definition) is 3. The Morgan fingerprint density at radius 2 is 1.74 bits per heavy atom. The average Bonchev–Trinajstić information content (AvgIpc) is 2.73. The summed E-state index contributed by atoms with van der Waals surface area (Å²) in [6.45, 7) is 1.75. The van der Waals surface area contributed by atoms with Crippen molar-refractivity contribution in [2.75, 3.05) is 13.1 Å². The van der Waals surface area contributed by atoms with Crippen molar-refractivity contribution in [3.05, 3.63) is 48.0 Å². The molecule has 1 aliphatic heterocycles. The SMILES string of the molecule is Cl.NC1(c2ccc3sc4ccccc4c3c2)CNC1. The van der Waals surface area contributed by atoms with Crippen LogP contribution >= 0.6 is 23.7 Å². The largest absolute Gasteiger partial charge is 0.319 e. The fourth-order valence-corrected chi connectivity index (χ4v) is 3.72. The van der Waals surface area contributed by atoms with E-state index in [9.17, 15) is 0 Å². The van der Waals surface area contributed by atoms with E-state index in [1.54, 1.807) is 0 Å². The van der Waals surface area contributed by atoms with Gasteiger partial charge < -0.3 is 11.1 Å². The molecule has 0 atom stereocenters. The van der Waals surface area contributed by atoms with Gasteiger partial charge in [-0.3, -0.25) is 0 Å². The Morgan fingerprint density at radius 3 is 2.47 bits per heavy atom. The van der Waals surface area contributed by atoms with E-state index in [1.165, 1.54) is 25.7 Å². The van der Waals surface area contributed by atoms with Crippen LogP contribution in [0.5, 0.6) is 0 Å². The molecule has 4 rings (SSSR count). The molecule has 0 amide bonds. The van der Waals surface area contributed by atoms with Gasteiger partial charge >= 0.3 is 0 Å². The second kappa shape index (κ2) is 4.46. The van der Waals surface area contributed by atoms with Gasteiger partial charge in [0.05, 0.1) is 5.54 Å². The van der Waals surface area contributed by atoms with Gasteiger partial charge in [-0.15, -0.1) is 23.7 Å². The number of halogens is 1. The number of fused-ring (bicyclic) bond motifs is 3. The van der Waals surface area contributed by atoms with E-state index >= 15 is 0 Å². The molecule has 3 N–H and O–H groups in total. The second-order valence-electron chi connectivity index (χ2n) is 5.07. The second-order valence-corrected chi connectivity index (χ2v) is 6.15. The topological polar surface area (TPSA) is 38.0 Å². The van der Waals surface area contributed by atoms with Crippen molar-refractivity contribution in [1.82, 2.24) is 5.32 Å². The molecule has 3 aromatic rings. The maximum atomic E-state index is 6.37. The van der Waals surface area contributed by atoms with E-state index in [0.29, 0.717) is 0 Å². The third-order valence-electron chi connectivity index (χ3n) is 3.83. The Balaban J connectivity index is 0.00000110. The van der Waals surface area contributed by atoms with Crippen LogP contribution < -0.4 is 11.1 Å². The molecule has 0 spiro atoms. The monoisotopic (exact) mass is 290 g/mol. The van der Waals surface area contributed by atoms with E-state index < -0.39 is 0 Å². The lowest BCUT2D eigenvalue weighted by Crippen LogP contribution is -2.62. The summed E-state index contributed by atoms with van der Waals surface area (Å²) >= 11 is 1.85. The number of thiophene rings is 1. The van der Waals surface area contributed by atoms with Gasteiger partial charge in [0.2, 0.25) is 0 Å². The zero-order valence-electron chi connectivity index (χ0n) is 10.3. The zero-order valence-corrected chi connectivity index (χ0v) is 12.0. The predicted molar refractivity (Wildman–Crippen MR) is 85.3 cm³/mol. The van der Waals surface area contributed by atoms with Crippen LogP contribution in [0, 0.1) is 0 Å². The minimum Gasteiger partial charge on any atom is -0.319 e. The highest BCUT2D eigenvalue weighted by molar-refractivity contribution is 7.25. The number of benzene rings is 2. The number of nitrogens with one attached hydrogen (secondary N) is 1. The lowest BCUT2D eigenvalue weighted by atomic mass is 9.85. The average molecular weight is 291 g/mol. The van der Waals surface area contributed by atoms with E-state index in [1.807, 2.05) is 11.3 Å². The van der Waals surface area contributed by atoms with Crippen LogP contribution in [0.1, 0.15) is 5.56 Å². The van der Waals surface area contributed by atoms with Crippen LogP contribution in [0.15, 0.2) is 42.5 Å². The summed E-state index contributed by atoms with van der Waals surface area (Å²) < 4.78 is 2.69. The standard InChI is InChI=1S/C15H14N2S.ClH/c16-15(8-17-9-15)10-5-6-14-12(7-10)11-3-1-2-4-13(11)18-14;/h1-7,17H,8-9,16H2;1H. The van der Waals surface area contributed by atoms with Crippen LogP contribution in [0.3, 0.4) is 0 Å². The van der Waals surface area contributed by atoms with Crippen LogP contribution in [0.25, 0.3) is 20.2 Å². The van der Waals surface area contributed by atoms with Crippen molar-refractivity contribution in [2.45, 2.75) is 5.54 Å². The fourth-order valence-electron chi connectivity index (χ4n) is 2.63. The third-order valence-corrected chi connectivity index (χ3v) is 4.98. The Bertz CT molecular complexity index is 746. The third kappa shape index (κ3) is 1.85. The first-order chi connectivity index (χ1) is 8.76. The van der Waals surface area contributed by atoms with Crippen molar-refractivity contribution in [3.63, 3.8) is 0 Å². The van der Waals surface area contributed by atoms with Crippen LogP contribution in [0.4, 0.5) is 0 Å². The van der Waals surface area contributed by atoms with Gasteiger partial charge in [-0.2, -0.15) is 0 Å². The van der Waals surface area contributed by atoms with Gasteiger partial charge in [-0.1, -0.05) is 24.3 Å². The highest BCUT2D eigenvalue weighted by Crippen LogP contribution is 2.36. The van der Waals surface area contributed by atoms with Crippen molar-refractivity contribution in [3.8, 4) is 0 Å². The summed E-state index contributed by atoms with van der Waals surface area (Å²) in [5.41, 5.74) is 7.45. The van der Waals surface area contributed by atoms with E-state index in [-0.39, 0.29) is 17.9 Å². The quantitative estimate of drug-likeness (QED) is 0.722. The summed E-state index contributed by atoms with van der Waals surface area (Å²) in [7, 11) is 0. The smallest absolute Gasteiger partial charge is 0.0662 e. The molecule has 1 saturated heterocycles. The van der Waals surface area contributed by atoms with Crippen LogP contribution in [-0.2, 0) is 5.54 Å².